The second-order valence-electron chi connectivity index (χ2n) is 5.14. The third-order valence-corrected chi connectivity index (χ3v) is 3.60. The van der Waals surface area contributed by atoms with Crippen molar-refractivity contribution in [3.8, 4) is 0 Å². The van der Waals surface area contributed by atoms with Crippen LogP contribution in [0.3, 0.4) is 0 Å². The number of rotatable bonds is 4. The SMILES string of the molecule is O=C(NCN1CCCC(C(=O)O)C1)c1ccc(F)c(F)c1F. The maximum absolute atomic E-state index is 13.5. The molecule has 0 bridgehead atoms. The third kappa shape index (κ3) is 3.56. The van der Waals surface area contributed by atoms with Crippen LogP contribution >= 0.6 is 0 Å². The number of piperidine rings is 1. The molecule has 120 valence electrons. The lowest BCUT2D eigenvalue weighted by molar-refractivity contribution is -0.143. The van der Waals surface area contributed by atoms with E-state index < -0.39 is 40.8 Å². The summed E-state index contributed by atoms with van der Waals surface area (Å²) in [7, 11) is 0. The lowest BCUT2D eigenvalue weighted by Crippen LogP contribution is -2.45. The fourth-order valence-electron chi connectivity index (χ4n) is 2.38. The Morgan fingerprint density at radius 2 is 2.00 bits per heavy atom. The number of amides is 1. The van der Waals surface area contributed by atoms with E-state index in [1.54, 1.807) is 4.90 Å². The van der Waals surface area contributed by atoms with Gasteiger partial charge in [0.05, 0.1) is 18.2 Å². The second-order valence-corrected chi connectivity index (χ2v) is 5.14. The Labute approximate surface area is 124 Å². The maximum atomic E-state index is 13.5. The number of carbonyl (C=O) groups is 2. The summed E-state index contributed by atoms with van der Waals surface area (Å²) in [5, 5.41) is 11.3. The van der Waals surface area contributed by atoms with Gasteiger partial charge in [0.1, 0.15) is 0 Å². The molecule has 1 aromatic rings. The van der Waals surface area contributed by atoms with E-state index in [1.165, 1.54) is 0 Å². The highest BCUT2D eigenvalue weighted by molar-refractivity contribution is 5.94. The van der Waals surface area contributed by atoms with Gasteiger partial charge in [-0.1, -0.05) is 0 Å². The van der Waals surface area contributed by atoms with Crippen LogP contribution in [-0.4, -0.2) is 41.6 Å². The molecule has 1 fully saturated rings. The standard InChI is InChI=1S/C14H15F3N2O3/c15-10-4-3-9(11(16)12(10)17)13(20)18-7-19-5-1-2-8(6-19)14(21)22/h3-4,8H,1-2,5-7H2,(H,18,20)(H,21,22). The minimum absolute atomic E-state index is 0.0149. The van der Waals surface area contributed by atoms with Crippen molar-refractivity contribution in [3.05, 3.63) is 35.1 Å². The van der Waals surface area contributed by atoms with Gasteiger partial charge in [0.25, 0.3) is 5.91 Å². The Morgan fingerprint density at radius 1 is 1.27 bits per heavy atom. The van der Waals surface area contributed by atoms with Crippen molar-refractivity contribution >= 4 is 11.9 Å². The molecule has 1 aromatic carbocycles. The van der Waals surface area contributed by atoms with E-state index in [1.807, 2.05) is 0 Å². The number of hydrogen-bond acceptors (Lipinski definition) is 3. The van der Waals surface area contributed by atoms with Crippen LogP contribution in [0.15, 0.2) is 12.1 Å². The quantitative estimate of drug-likeness (QED) is 0.828. The summed E-state index contributed by atoms with van der Waals surface area (Å²) in [6.07, 6.45) is 1.24. The van der Waals surface area contributed by atoms with Crippen LogP contribution in [0.5, 0.6) is 0 Å². The van der Waals surface area contributed by atoms with Crippen LogP contribution in [0.2, 0.25) is 0 Å². The van der Waals surface area contributed by atoms with Gasteiger partial charge in [0.2, 0.25) is 0 Å². The van der Waals surface area contributed by atoms with E-state index in [2.05, 4.69) is 5.32 Å². The Morgan fingerprint density at radius 3 is 2.68 bits per heavy atom. The van der Waals surface area contributed by atoms with Crippen LogP contribution in [0.4, 0.5) is 13.2 Å². The summed E-state index contributed by atoms with van der Waals surface area (Å²) in [6.45, 7) is 0.890. The maximum Gasteiger partial charge on any atom is 0.307 e. The summed E-state index contributed by atoms with van der Waals surface area (Å²) in [6, 6.07) is 1.54. The molecule has 0 spiro atoms. The Hall–Kier alpha value is -2.09. The van der Waals surface area contributed by atoms with Crippen molar-refractivity contribution in [2.75, 3.05) is 19.8 Å². The number of benzene rings is 1. The van der Waals surface area contributed by atoms with Gasteiger partial charge >= 0.3 is 5.97 Å². The predicted octanol–water partition coefficient (Wildman–Crippen LogP) is 1.59. The number of likely N-dealkylation sites (tertiary alicyclic amines) is 1. The van der Waals surface area contributed by atoms with Gasteiger partial charge < -0.3 is 10.4 Å². The molecule has 1 unspecified atom stereocenters. The first-order chi connectivity index (χ1) is 10.4. The number of nitrogens with zero attached hydrogens (tertiary/aromatic N) is 1. The summed E-state index contributed by atoms with van der Waals surface area (Å²) in [5.41, 5.74) is -0.592. The summed E-state index contributed by atoms with van der Waals surface area (Å²) < 4.78 is 39.4. The molecule has 2 rings (SSSR count). The van der Waals surface area contributed by atoms with E-state index in [4.69, 9.17) is 5.11 Å². The highest BCUT2D eigenvalue weighted by Gasteiger charge is 2.26. The molecule has 1 saturated heterocycles. The minimum atomic E-state index is -1.70. The van der Waals surface area contributed by atoms with Gasteiger partial charge in [0, 0.05) is 6.54 Å². The molecule has 22 heavy (non-hydrogen) atoms. The molecule has 0 aliphatic carbocycles. The molecule has 1 heterocycles. The van der Waals surface area contributed by atoms with Crippen LogP contribution < -0.4 is 5.32 Å². The van der Waals surface area contributed by atoms with Crippen LogP contribution in [0, 0.1) is 23.4 Å². The lowest BCUT2D eigenvalue weighted by atomic mass is 9.99. The fourth-order valence-corrected chi connectivity index (χ4v) is 2.38. The van der Waals surface area contributed by atoms with Crippen molar-refractivity contribution in [3.63, 3.8) is 0 Å². The van der Waals surface area contributed by atoms with Gasteiger partial charge in [-0.05, 0) is 31.5 Å². The van der Waals surface area contributed by atoms with Crippen molar-refractivity contribution < 1.29 is 27.9 Å². The average Bonchev–Trinajstić information content (AvgIpc) is 2.50. The first-order valence-electron chi connectivity index (χ1n) is 6.77. The number of carboxylic acids is 1. The largest absolute Gasteiger partial charge is 0.481 e. The van der Waals surface area contributed by atoms with Crippen LogP contribution in [0.1, 0.15) is 23.2 Å². The zero-order valence-electron chi connectivity index (χ0n) is 11.6. The zero-order chi connectivity index (χ0) is 16.3. The van der Waals surface area contributed by atoms with Crippen molar-refractivity contribution in [2.24, 2.45) is 5.92 Å². The van der Waals surface area contributed by atoms with Gasteiger partial charge in [-0.25, -0.2) is 13.2 Å². The fraction of sp³-hybridized carbons (Fsp3) is 0.429. The first kappa shape index (κ1) is 16.3. The number of aliphatic carboxylic acids is 1. The van der Waals surface area contributed by atoms with E-state index in [-0.39, 0.29) is 13.2 Å². The predicted molar refractivity (Wildman–Crippen MR) is 70.6 cm³/mol. The molecule has 1 atom stereocenters. The lowest BCUT2D eigenvalue weighted by Gasteiger charge is -2.30. The normalized spacial score (nSPS) is 19.0. The third-order valence-electron chi connectivity index (χ3n) is 3.60. The van der Waals surface area contributed by atoms with Crippen molar-refractivity contribution in [2.45, 2.75) is 12.8 Å². The first-order valence-corrected chi connectivity index (χ1v) is 6.77. The molecule has 2 N–H and O–H groups in total. The molecule has 8 heteroatoms. The second kappa shape index (κ2) is 6.78. The van der Waals surface area contributed by atoms with Gasteiger partial charge in [-0.15, -0.1) is 0 Å². The Bertz CT molecular complexity index is 595. The average molecular weight is 316 g/mol. The molecular weight excluding hydrogens is 301 g/mol. The molecule has 1 aliphatic rings. The minimum Gasteiger partial charge on any atom is -0.481 e. The Balaban J connectivity index is 1.96. The molecule has 0 radical (unpaired) electrons. The Kier molecular flexibility index (Phi) is 5.02. The van der Waals surface area contributed by atoms with Crippen molar-refractivity contribution in [1.29, 1.82) is 0 Å². The summed E-state index contributed by atoms with van der Waals surface area (Å²) >= 11 is 0. The number of carboxylic acid groups (broad SMARTS) is 1. The molecule has 1 aliphatic heterocycles. The van der Waals surface area contributed by atoms with E-state index in [0.717, 1.165) is 6.07 Å². The van der Waals surface area contributed by atoms with Gasteiger partial charge in [-0.3, -0.25) is 14.5 Å². The number of carbonyl (C=O) groups excluding carboxylic acids is 1. The van der Waals surface area contributed by atoms with Crippen LogP contribution in [0.25, 0.3) is 0 Å². The van der Waals surface area contributed by atoms with E-state index >= 15 is 0 Å². The van der Waals surface area contributed by atoms with Crippen LogP contribution in [-0.2, 0) is 4.79 Å². The number of nitrogens with one attached hydrogen (secondary N) is 1. The molecular formula is C14H15F3N2O3. The molecule has 1 amide bonds. The van der Waals surface area contributed by atoms with Gasteiger partial charge in [0.15, 0.2) is 17.5 Å². The number of hydrogen-bond donors (Lipinski definition) is 2. The zero-order valence-corrected chi connectivity index (χ0v) is 11.6. The summed E-state index contributed by atoms with van der Waals surface area (Å²) in [4.78, 5) is 24.4. The molecule has 5 nitrogen and oxygen atoms in total. The molecule has 0 saturated carbocycles. The van der Waals surface area contributed by atoms with Crippen molar-refractivity contribution in [1.82, 2.24) is 10.2 Å². The monoisotopic (exact) mass is 316 g/mol. The smallest absolute Gasteiger partial charge is 0.307 e. The topological polar surface area (TPSA) is 69.6 Å². The van der Waals surface area contributed by atoms with Gasteiger partial charge in [-0.2, -0.15) is 0 Å². The highest BCUT2D eigenvalue weighted by atomic mass is 19.2. The molecule has 0 aromatic heterocycles. The number of halogens is 3. The highest BCUT2D eigenvalue weighted by Crippen LogP contribution is 2.17. The van der Waals surface area contributed by atoms with E-state index in [0.29, 0.717) is 25.5 Å². The van der Waals surface area contributed by atoms with E-state index in [9.17, 15) is 22.8 Å². The summed E-state index contributed by atoms with van der Waals surface area (Å²) in [5.74, 6) is -6.90.